The summed E-state index contributed by atoms with van der Waals surface area (Å²) in [6.07, 6.45) is 0. The molecule has 0 spiro atoms. The second-order valence-electron chi connectivity index (χ2n) is 5.21. The summed E-state index contributed by atoms with van der Waals surface area (Å²) in [5.74, 6) is -0.0996. The Bertz CT molecular complexity index is 871. The number of benzene rings is 3. The molecule has 5 heteroatoms. The Morgan fingerprint density at radius 3 is 2.48 bits per heavy atom. The number of rotatable bonds is 3. The maximum Gasteiger partial charge on any atom is 0.197 e. The van der Waals surface area contributed by atoms with Gasteiger partial charge in [-0.3, -0.25) is 10.3 Å². The molecule has 4 nitrogen and oxygen atoms in total. The molecule has 0 aliphatic carbocycles. The van der Waals surface area contributed by atoms with Gasteiger partial charge in [-0.2, -0.15) is 0 Å². The van der Waals surface area contributed by atoms with Crippen LogP contribution in [-0.2, 0) is 6.54 Å². The molecule has 3 aromatic rings. The second kappa shape index (κ2) is 6.28. The van der Waals surface area contributed by atoms with E-state index in [1.165, 1.54) is 0 Å². The van der Waals surface area contributed by atoms with Crippen molar-refractivity contribution in [1.82, 2.24) is 0 Å². The number of nitrogens with one attached hydrogen (secondary N) is 1. The number of halogens is 1. The number of hydrogen-bond acceptors (Lipinski definition) is 2. The molecule has 3 aromatic carbocycles. The smallest absolute Gasteiger partial charge is 0.197 e. The summed E-state index contributed by atoms with van der Waals surface area (Å²) in [5.41, 5.74) is 14.0. The van der Waals surface area contributed by atoms with Crippen molar-refractivity contribution in [3.05, 3.63) is 71.2 Å². The first kappa shape index (κ1) is 15.3. The molecule has 0 atom stereocenters. The molecule has 0 heterocycles. The molecule has 0 saturated carbocycles. The quantitative estimate of drug-likeness (QED) is 0.503. The molecule has 0 aromatic heterocycles. The van der Waals surface area contributed by atoms with E-state index in [-0.39, 0.29) is 5.96 Å². The van der Waals surface area contributed by atoms with Crippen molar-refractivity contribution in [1.29, 1.82) is 5.41 Å². The normalized spacial score (nSPS) is 10.7. The van der Waals surface area contributed by atoms with E-state index in [0.717, 1.165) is 22.0 Å². The average Bonchev–Trinajstić information content (AvgIpc) is 2.57. The molecule has 0 unspecified atom stereocenters. The van der Waals surface area contributed by atoms with Crippen molar-refractivity contribution in [3.63, 3.8) is 0 Å². The van der Waals surface area contributed by atoms with Gasteiger partial charge in [-0.25, -0.2) is 0 Å². The lowest BCUT2D eigenvalue weighted by molar-refractivity contribution is 1.07. The summed E-state index contributed by atoms with van der Waals surface area (Å²) in [4.78, 5) is 1.64. The summed E-state index contributed by atoms with van der Waals surface area (Å²) in [7, 11) is 0. The summed E-state index contributed by atoms with van der Waals surface area (Å²) < 4.78 is 0. The van der Waals surface area contributed by atoms with Crippen LogP contribution in [0.25, 0.3) is 10.8 Å². The molecule has 0 aliphatic rings. The number of guanidine groups is 1. The van der Waals surface area contributed by atoms with Gasteiger partial charge in [0.05, 0.1) is 16.4 Å². The molecule has 0 aliphatic heterocycles. The van der Waals surface area contributed by atoms with E-state index in [9.17, 15) is 0 Å². The van der Waals surface area contributed by atoms with Crippen LogP contribution in [0.1, 0.15) is 5.56 Å². The van der Waals surface area contributed by atoms with Gasteiger partial charge in [-0.1, -0.05) is 54.1 Å². The SMILES string of the molecule is N=C(N)N(c1cc(CN)ccc1Cl)c1cccc2ccccc12. The van der Waals surface area contributed by atoms with Crippen molar-refractivity contribution >= 4 is 39.7 Å². The third kappa shape index (κ3) is 2.86. The van der Waals surface area contributed by atoms with Gasteiger partial charge in [0, 0.05) is 11.9 Å². The molecule has 116 valence electrons. The molecule has 3 rings (SSSR count). The highest BCUT2D eigenvalue weighted by Crippen LogP contribution is 2.36. The Morgan fingerprint density at radius 1 is 1.00 bits per heavy atom. The van der Waals surface area contributed by atoms with Gasteiger partial charge in [-0.05, 0) is 29.1 Å². The fourth-order valence-electron chi connectivity index (χ4n) is 2.65. The van der Waals surface area contributed by atoms with Gasteiger partial charge in [0.15, 0.2) is 5.96 Å². The van der Waals surface area contributed by atoms with Gasteiger partial charge >= 0.3 is 0 Å². The van der Waals surface area contributed by atoms with Crippen LogP contribution in [0.4, 0.5) is 11.4 Å². The topological polar surface area (TPSA) is 79.1 Å². The van der Waals surface area contributed by atoms with Crippen LogP contribution < -0.4 is 16.4 Å². The highest BCUT2D eigenvalue weighted by Gasteiger charge is 2.18. The summed E-state index contributed by atoms with van der Waals surface area (Å²) in [6.45, 7) is 0.394. The minimum Gasteiger partial charge on any atom is -0.369 e. The Labute approximate surface area is 139 Å². The lowest BCUT2D eigenvalue weighted by Gasteiger charge is -2.26. The van der Waals surface area contributed by atoms with E-state index in [1.807, 2.05) is 54.6 Å². The van der Waals surface area contributed by atoms with Gasteiger partial charge in [0.2, 0.25) is 0 Å². The molecule has 5 N–H and O–H groups in total. The Kier molecular flexibility index (Phi) is 4.19. The highest BCUT2D eigenvalue weighted by molar-refractivity contribution is 6.34. The first-order chi connectivity index (χ1) is 11.1. The zero-order valence-electron chi connectivity index (χ0n) is 12.5. The molecule has 0 fully saturated rings. The maximum atomic E-state index is 8.04. The van der Waals surface area contributed by atoms with E-state index < -0.39 is 0 Å². The number of fused-ring (bicyclic) bond motifs is 1. The molecule has 0 saturated heterocycles. The number of hydrogen-bond donors (Lipinski definition) is 3. The van der Waals surface area contributed by atoms with Crippen molar-refractivity contribution < 1.29 is 0 Å². The second-order valence-corrected chi connectivity index (χ2v) is 5.62. The minimum atomic E-state index is -0.0996. The number of nitrogens with zero attached hydrogens (tertiary/aromatic N) is 1. The van der Waals surface area contributed by atoms with Crippen LogP contribution in [0.5, 0.6) is 0 Å². The van der Waals surface area contributed by atoms with Gasteiger partial charge in [-0.15, -0.1) is 0 Å². The summed E-state index contributed by atoms with van der Waals surface area (Å²) in [5, 5.41) is 10.6. The van der Waals surface area contributed by atoms with Crippen LogP contribution in [0.2, 0.25) is 5.02 Å². The predicted octanol–water partition coefficient (Wildman–Crippen LogP) is 3.98. The van der Waals surface area contributed by atoms with E-state index >= 15 is 0 Å². The Balaban J connectivity index is 2.25. The van der Waals surface area contributed by atoms with E-state index in [1.54, 1.807) is 11.0 Å². The van der Waals surface area contributed by atoms with Crippen LogP contribution in [-0.4, -0.2) is 5.96 Å². The molecule has 23 heavy (non-hydrogen) atoms. The Hall–Kier alpha value is -2.56. The minimum absolute atomic E-state index is 0.0996. The van der Waals surface area contributed by atoms with Gasteiger partial charge in [0.1, 0.15) is 0 Å². The molecular formula is C18H17ClN4. The van der Waals surface area contributed by atoms with Crippen molar-refractivity contribution in [3.8, 4) is 0 Å². The maximum absolute atomic E-state index is 8.04. The van der Waals surface area contributed by atoms with Gasteiger partial charge < -0.3 is 11.5 Å². The first-order valence-corrected chi connectivity index (χ1v) is 7.60. The van der Waals surface area contributed by atoms with Crippen LogP contribution in [0.15, 0.2) is 60.7 Å². The van der Waals surface area contributed by atoms with Crippen molar-refractivity contribution in [2.24, 2.45) is 11.5 Å². The summed E-state index contributed by atoms with van der Waals surface area (Å²) >= 11 is 6.36. The molecule has 0 amide bonds. The zero-order chi connectivity index (χ0) is 16.4. The van der Waals surface area contributed by atoms with Crippen LogP contribution in [0.3, 0.4) is 0 Å². The lowest BCUT2D eigenvalue weighted by atomic mass is 10.1. The van der Waals surface area contributed by atoms with Crippen LogP contribution >= 0.6 is 11.6 Å². The lowest BCUT2D eigenvalue weighted by Crippen LogP contribution is -2.32. The third-order valence-electron chi connectivity index (χ3n) is 3.74. The van der Waals surface area contributed by atoms with E-state index in [0.29, 0.717) is 17.3 Å². The highest BCUT2D eigenvalue weighted by atomic mass is 35.5. The van der Waals surface area contributed by atoms with Crippen molar-refractivity contribution in [2.75, 3.05) is 4.90 Å². The predicted molar refractivity (Wildman–Crippen MR) is 97.3 cm³/mol. The molecule has 0 radical (unpaired) electrons. The first-order valence-electron chi connectivity index (χ1n) is 7.22. The summed E-state index contributed by atoms with van der Waals surface area (Å²) in [6, 6.07) is 19.4. The zero-order valence-corrected chi connectivity index (χ0v) is 13.2. The van der Waals surface area contributed by atoms with Crippen LogP contribution in [0, 0.1) is 5.41 Å². The monoisotopic (exact) mass is 324 g/mol. The average molecular weight is 325 g/mol. The van der Waals surface area contributed by atoms with Crippen molar-refractivity contribution in [2.45, 2.75) is 6.54 Å². The molecular weight excluding hydrogens is 308 g/mol. The van der Waals surface area contributed by atoms with E-state index in [4.69, 9.17) is 28.5 Å². The molecule has 0 bridgehead atoms. The standard InChI is InChI=1S/C18H17ClN4/c19-15-9-8-12(11-20)10-17(15)23(18(21)22)16-7-3-5-13-4-1-2-6-14(13)16/h1-10H,11,20H2,(H3,21,22). The Morgan fingerprint density at radius 2 is 1.74 bits per heavy atom. The fourth-order valence-corrected chi connectivity index (χ4v) is 2.85. The van der Waals surface area contributed by atoms with E-state index in [2.05, 4.69) is 0 Å². The number of anilines is 2. The fraction of sp³-hybridized carbons (Fsp3) is 0.0556. The largest absolute Gasteiger partial charge is 0.369 e. The number of nitrogens with two attached hydrogens (primary N) is 2. The van der Waals surface area contributed by atoms with Gasteiger partial charge in [0.25, 0.3) is 0 Å². The third-order valence-corrected chi connectivity index (χ3v) is 4.06.